The zero-order valence-corrected chi connectivity index (χ0v) is 8.94. The van der Waals surface area contributed by atoms with E-state index in [2.05, 4.69) is 5.32 Å². The van der Waals surface area contributed by atoms with E-state index < -0.39 is 0 Å². The number of hydrogen-bond acceptors (Lipinski definition) is 3. The summed E-state index contributed by atoms with van der Waals surface area (Å²) in [6.07, 6.45) is 2.46. The topological polar surface area (TPSA) is 41.5 Å². The summed E-state index contributed by atoms with van der Waals surface area (Å²) < 4.78 is 5.08. The molecule has 15 heavy (non-hydrogen) atoms. The Hall–Kier alpha value is -1.22. The Kier molecular flexibility index (Phi) is 3.11. The highest BCUT2D eigenvalue weighted by Crippen LogP contribution is 2.34. The zero-order chi connectivity index (χ0) is 10.7. The predicted molar refractivity (Wildman–Crippen MR) is 60.2 cm³/mol. The van der Waals surface area contributed by atoms with Crippen molar-refractivity contribution in [2.24, 2.45) is 5.92 Å². The molecule has 1 fully saturated rings. The van der Waals surface area contributed by atoms with Crippen molar-refractivity contribution in [1.29, 1.82) is 0 Å². The summed E-state index contributed by atoms with van der Waals surface area (Å²) in [6.45, 7) is 0.205. The van der Waals surface area contributed by atoms with Crippen LogP contribution in [0.4, 0.5) is 5.69 Å². The van der Waals surface area contributed by atoms with Crippen LogP contribution < -0.4 is 10.1 Å². The van der Waals surface area contributed by atoms with Gasteiger partial charge in [0.2, 0.25) is 0 Å². The summed E-state index contributed by atoms with van der Waals surface area (Å²) in [6, 6.07) is 8.00. The first-order valence-corrected chi connectivity index (χ1v) is 5.35. The van der Waals surface area contributed by atoms with Gasteiger partial charge >= 0.3 is 0 Å². The minimum atomic E-state index is 0.205. The summed E-state index contributed by atoms with van der Waals surface area (Å²) in [5.41, 5.74) is 1.04. The lowest BCUT2D eigenvalue weighted by molar-refractivity contribution is 0.263. The van der Waals surface area contributed by atoms with Crippen molar-refractivity contribution in [2.75, 3.05) is 19.0 Å². The van der Waals surface area contributed by atoms with E-state index in [1.54, 1.807) is 7.11 Å². The van der Waals surface area contributed by atoms with Crippen LogP contribution in [0.25, 0.3) is 0 Å². The molecule has 2 N–H and O–H groups in total. The SMILES string of the molecule is COc1ccc(NC(CO)C2CC2)cc1. The second kappa shape index (κ2) is 4.53. The van der Waals surface area contributed by atoms with Crippen LogP contribution in [0.2, 0.25) is 0 Å². The van der Waals surface area contributed by atoms with E-state index in [0.717, 1.165) is 11.4 Å². The number of rotatable bonds is 5. The molecule has 1 aromatic rings. The molecule has 1 aliphatic carbocycles. The maximum atomic E-state index is 9.21. The van der Waals surface area contributed by atoms with Crippen molar-refractivity contribution < 1.29 is 9.84 Å². The minimum absolute atomic E-state index is 0.205. The van der Waals surface area contributed by atoms with E-state index >= 15 is 0 Å². The molecule has 82 valence electrons. The molecular weight excluding hydrogens is 190 g/mol. The first kappa shape index (κ1) is 10.3. The number of aliphatic hydroxyl groups is 1. The highest BCUT2D eigenvalue weighted by molar-refractivity contribution is 5.47. The average molecular weight is 207 g/mol. The smallest absolute Gasteiger partial charge is 0.119 e. The quantitative estimate of drug-likeness (QED) is 0.774. The van der Waals surface area contributed by atoms with Crippen LogP contribution in [0, 0.1) is 5.92 Å². The van der Waals surface area contributed by atoms with Gasteiger partial charge in [0, 0.05) is 5.69 Å². The number of methoxy groups -OCH3 is 1. The van der Waals surface area contributed by atoms with Crippen LogP contribution in [0.1, 0.15) is 12.8 Å². The van der Waals surface area contributed by atoms with Gasteiger partial charge in [0.05, 0.1) is 19.8 Å². The molecule has 0 spiro atoms. The Bertz CT molecular complexity index is 306. The third-order valence-electron chi connectivity index (χ3n) is 2.83. The number of ether oxygens (including phenoxy) is 1. The number of benzene rings is 1. The molecule has 0 heterocycles. The summed E-state index contributed by atoms with van der Waals surface area (Å²) in [5.74, 6) is 1.50. The molecule has 1 unspecified atom stereocenters. The van der Waals surface area contributed by atoms with E-state index in [4.69, 9.17) is 4.74 Å². The highest BCUT2D eigenvalue weighted by atomic mass is 16.5. The molecule has 0 saturated heterocycles. The van der Waals surface area contributed by atoms with Gasteiger partial charge in [-0.05, 0) is 43.0 Å². The van der Waals surface area contributed by atoms with Gasteiger partial charge in [0.15, 0.2) is 0 Å². The third kappa shape index (κ3) is 2.63. The molecule has 3 nitrogen and oxygen atoms in total. The number of nitrogens with one attached hydrogen (secondary N) is 1. The molecule has 1 aromatic carbocycles. The summed E-state index contributed by atoms with van der Waals surface area (Å²) >= 11 is 0. The second-order valence-electron chi connectivity index (χ2n) is 4.00. The van der Waals surface area contributed by atoms with Gasteiger partial charge in [-0.2, -0.15) is 0 Å². The fourth-order valence-corrected chi connectivity index (χ4v) is 1.71. The van der Waals surface area contributed by atoms with Crippen molar-refractivity contribution in [3.05, 3.63) is 24.3 Å². The van der Waals surface area contributed by atoms with Crippen LogP contribution >= 0.6 is 0 Å². The minimum Gasteiger partial charge on any atom is -0.497 e. The lowest BCUT2D eigenvalue weighted by Gasteiger charge is -2.16. The molecule has 3 heteroatoms. The lowest BCUT2D eigenvalue weighted by atomic mass is 10.2. The number of aliphatic hydroxyl groups excluding tert-OH is 1. The van der Waals surface area contributed by atoms with Crippen molar-refractivity contribution in [3.63, 3.8) is 0 Å². The summed E-state index contributed by atoms with van der Waals surface area (Å²) in [4.78, 5) is 0. The molecule has 0 bridgehead atoms. The molecule has 0 radical (unpaired) electrons. The number of anilines is 1. The average Bonchev–Trinajstić information content (AvgIpc) is 3.10. The van der Waals surface area contributed by atoms with Crippen molar-refractivity contribution in [1.82, 2.24) is 0 Å². The Morgan fingerprint density at radius 1 is 1.40 bits per heavy atom. The first-order valence-electron chi connectivity index (χ1n) is 5.35. The van der Waals surface area contributed by atoms with Gasteiger partial charge < -0.3 is 15.2 Å². The normalized spacial score (nSPS) is 17.2. The number of hydrogen-bond donors (Lipinski definition) is 2. The van der Waals surface area contributed by atoms with E-state index in [1.807, 2.05) is 24.3 Å². The molecular formula is C12H17NO2. The Labute approximate surface area is 90.1 Å². The Morgan fingerprint density at radius 3 is 2.53 bits per heavy atom. The van der Waals surface area contributed by atoms with Gasteiger partial charge in [-0.15, -0.1) is 0 Å². The molecule has 0 aromatic heterocycles. The molecule has 1 aliphatic rings. The van der Waals surface area contributed by atoms with Gasteiger partial charge in [0.25, 0.3) is 0 Å². The Balaban J connectivity index is 1.96. The summed E-state index contributed by atoms with van der Waals surface area (Å²) in [7, 11) is 1.66. The molecule has 0 aliphatic heterocycles. The fraction of sp³-hybridized carbons (Fsp3) is 0.500. The fourth-order valence-electron chi connectivity index (χ4n) is 1.71. The van der Waals surface area contributed by atoms with E-state index in [9.17, 15) is 5.11 Å². The third-order valence-corrected chi connectivity index (χ3v) is 2.83. The maximum absolute atomic E-state index is 9.21. The van der Waals surface area contributed by atoms with Crippen molar-refractivity contribution in [2.45, 2.75) is 18.9 Å². The predicted octanol–water partition coefficient (Wildman–Crippen LogP) is 1.88. The first-order chi connectivity index (χ1) is 7.33. The maximum Gasteiger partial charge on any atom is 0.119 e. The molecule has 1 saturated carbocycles. The van der Waals surface area contributed by atoms with Gasteiger partial charge in [-0.25, -0.2) is 0 Å². The molecule has 2 rings (SSSR count). The molecule has 0 amide bonds. The monoisotopic (exact) mass is 207 g/mol. The molecule has 1 atom stereocenters. The lowest BCUT2D eigenvalue weighted by Crippen LogP contribution is -2.25. The largest absolute Gasteiger partial charge is 0.497 e. The Morgan fingerprint density at radius 2 is 2.07 bits per heavy atom. The highest BCUT2D eigenvalue weighted by Gasteiger charge is 2.30. The van der Waals surface area contributed by atoms with E-state index in [0.29, 0.717) is 5.92 Å². The van der Waals surface area contributed by atoms with Crippen molar-refractivity contribution >= 4 is 5.69 Å². The van der Waals surface area contributed by atoms with Crippen molar-refractivity contribution in [3.8, 4) is 5.75 Å². The van der Waals surface area contributed by atoms with Crippen LogP contribution in [-0.2, 0) is 0 Å². The van der Waals surface area contributed by atoms with Gasteiger partial charge in [0.1, 0.15) is 5.75 Å². The standard InChI is InChI=1S/C12H17NO2/c1-15-11-6-4-10(5-7-11)13-12(8-14)9-2-3-9/h4-7,9,12-14H,2-3,8H2,1H3. The van der Waals surface area contributed by atoms with Crippen LogP contribution in [0.5, 0.6) is 5.75 Å². The zero-order valence-electron chi connectivity index (χ0n) is 8.94. The van der Waals surface area contributed by atoms with Crippen LogP contribution in [0.3, 0.4) is 0 Å². The van der Waals surface area contributed by atoms with Gasteiger partial charge in [-0.3, -0.25) is 0 Å². The summed E-state index contributed by atoms with van der Waals surface area (Å²) in [5, 5.41) is 12.5. The van der Waals surface area contributed by atoms with E-state index in [1.165, 1.54) is 12.8 Å². The van der Waals surface area contributed by atoms with Crippen LogP contribution in [-0.4, -0.2) is 24.9 Å². The second-order valence-corrected chi connectivity index (χ2v) is 4.00. The van der Waals surface area contributed by atoms with Crippen LogP contribution in [0.15, 0.2) is 24.3 Å². The van der Waals surface area contributed by atoms with Gasteiger partial charge in [-0.1, -0.05) is 0 Å². The van der Waals surface area contributed by atoms with E-state index in [-0.39, 0.29) is 12.6 Å².